The van der Waals surface area contributed by atoms with Gasteiger partial charge < -0.3 is 9.47 Å². The minimum absolute atomic E-state index is 0.182. The molecule has 0 saturated heterocycles. The summed E-state index contributed by atoms with van der Waals surface area (Å²) in [5, 5.41) is 0. The molecule has 4 heteroatoms. The van der Waals surface area contributed by atoms with Crippen LogP contribution in [0.3, 0.4) is 0 Å². The minimum atomic E-state index is -0.776. The molecule has 152 valence electrons. The lowest BCUT2D eigenvalue weighted by atomic mass is 9.89. The Labute approximate surface area is 168 Å². The predicted molar refractivity (Wildman–Crippen MR) is 110 cm³/mol. The quantitative estimate of drug-likeness (QED) is 0.650. The molecule has 0 bridgehead atoms. The van der Waals surface area contributed by atoms with Gasteiger partial charge in [-0.05, 0) is 73.6 Å². The van der Waals surface area contributed by atoms with Gasteiger partial charge in [0, 0.05) is 0 Å². The third-order valence-corrected chi connectivity index (χ3v) is 5.69. The first-order chi connectivity index (χ1) is 13.1. The van der Waals surface area contributed by atoms with Crippen LogP contribution in [0.2, 0.25) is 0 Å². The van der Waals surface area contributed by atoms with Crippen LogP contribution < -0.4 is 0 Å². The Morgan fingerprint density at radius 2 is 1.71 bits per heavy atom. The van der Waals surface area contributed by atoms with Gasteiger partial charge in [0.1, 0.15) is 5.57 Å². The summed E-state index contributed by atoms with van der Waals surface area (Å²) in [4.78, 5) is 25.7. The van der Waals surface area contributed by atoms with Crippen molar-refractivity contribution in [3.05, 3.63) is 40.1 Å². The first-order valence-electron chi connectivity index (χ1n) is 10.4. The topological polar surface area (TPSA) is 52.6 Å². The molecule has 3 rings (SSSR count). The summed E-state index contributed by atoms with van der Waals surface area (Å²) in [5.41, 5.74) is 3.60. The van der Waals surface area contributed by atoms with E-state index < -0.39 is 5.60 Å². The number of carbonyl (C=O) groups excluding carboxylic acids is 2. The maximum absolute atomic E-state index is 13.0. The van der Waals surface area contributed by atoms with Crippen molar-refractivity contribution in [1.29, 1.82) is 0 Å². The molecule has 1 heterocycles. The van der Waals surface area contributed by atoms with Crippen LogP contribution in [-0.4, -0.2) is 17.5 Å². The van der Waals surface area contributed by atoms with Gasteiger partial charge in [-0.1, -0.05) is 39.8 Å². The Morgan fingerprint density at radius 3 is 2.21 bits per heavy atom. The fraction of sp³-hybridized carbons (Fsp3) is 0.583. The zero-order chi connectivity index (χ0) is 20.7. The molecular weight excluding hydrogens is 352 g/mol. The van der Waals surface area contributed by atoms with Crippen LogP contribution in [0.4, 0.5) is 0 Å². The third kappa shape index (κ3) is 3.87. The Bertz CT molecular complexity index is 810. The van der Waals surface area contributed by atoms with Crippen molar-refractivity contribution in [1.82, 2.24) is 0 Å². The summed E-state index contributed by atoms with van der Waals surface area (Å²) in [5.74, 6) is -0.222. The monoisotopic (exact) mass is 384 g/mol. The van der Waals surface area contributed by atoms with E-state index in [4.69, 9.17) is 9.47 Å². The summed E-state index contributed by atoms with van der Waals surface area (Å²) in [6, 6.07) is 4.22. The Balaban J connectivity index is 2.13. The fourth-order valence-corrected chi connectivity index (χ4v) is 4.46. The van der Waals surface area contributed by atoms with Crippen molar-refractivity contribution in [2.45, 2.75) is 85.7 Å². The lowest BCUT2D eigenvalue weighted by Crippen LogP contribution is -2.31. The Morgan fingerprint density at radius 1 is 1.14 bits per heavy atom. The van der Waals surface area contributed by atoms with Gasteiger partial charge in [0.2, 0.25) is 0 Å². The highest BCUT2D eigenvalue weighted by Gasteiger charge is 2.52. The standard InChI is InChI=1S/C24H32O4/c1-7-17-12-15(2)19(16(3)13-17)20-21(27-18(25)14-23(4,5)6)24(28-22(20)26)10-8-9-11-24/h12-13H,7-11,14H2,1-6H3. The van der Waals surface area contributed by atoms with Crippen molar-refractivity contribution in [3.8, 4) is 0 Å². The molecule has 0 aromatic heterocycles. The molecule has 0 unspecified atom stereocenters. The van der Waals surface area contributed by atoms with Crippen LogP contribution in [0.5, 0.6) is 0 Å². The van der Waals surface area contributed by atoms with E-state index in [2.05, 4.69) is 19.1 Å². The molecule has 4 nitrogen and oxygen atoms in total. The van der Waals surface area contributed by atoms with Gasteiger partial charge in [-0.2, -0.15) is 0 Å². The summed E-state index contributed by atoms with van der Waals surface area (Å²) < 4.78 is 11.8. The van der Waals surface area contributed by atoms with Crippen molar-refractivity contribution in [2.24, 2.45) is 5.41 Å². The zero-order valence-corrected chi connectivity index (χ0v) is 18.0. The Hall–Kier alpha value is -2.10. The number of aryl methyl sites for hydroxylation is 3. The summed E-state index contributed by atoms with van der Waals surface area (Å²) in [7, 11) is 0. The molecule has 0 amide bonds. The van der Waals surface area contributed by atoms with Gasteiger partial charge in [0.05, 0.1) is 6.42 Å². The maximum Gasteiger partial charge on any atom is 0.343 e. The predicted octanol–water partition coefficient (Wildman–Crippen LogP) is 5.43. The lowest BCUT2D eigenvalue weighted by Gasteiger charge is -2.26. The Kier molecular flexibility index (Phi) is 5.44. The second-order valence-electron chi connectivity index (χ2n) is 9.46. The van der Waals surface area contributed by atoms with Crippen molar-refractivity contribution >= 4 is 17.5 Å². The maximum atomic E-state index is 13.0. The van der Waals surface area contributed by atoms with Gasteiger partial charge in [-0.3, -0.25) is 4.79 Å². The average molecular weight is 385 g/mol. The first-order valence-corrected chi connectivity index (χ1v) is 10.4. The smallest absolute Gasteiger partial charge is 0.343 e. The van der Waals surface area contributed by atoms with Gasteiger partial charge in [0.25, 0.3) is 0 Å². The summed E-state index contributed by atoms with van der Waals surface area (Å²) in [6.07, 6.45) is 4.59. The summed E-state index contributed by atoms with van der Waals surface area (Å²) in [6.45, 7) is 12.1. The van der Waals surface area contributed by atoms with Crippen LogP contribution in [0.1, 0.15) is 82.1 Å². The number of ether oxygens (including phenoxy) is 2. The largest absolute Gasteiger partial charge is 0.447 e. The van der Waals surface area contributed by atoms with Crippen molar-refractivity contribution in [3.63, 3.8) is 0 Å². The highest BCUT2D eigenvalue weighted by Crippen LogP contribution is 2.49. The van der Waals surface area contributed by atoms with Gasteiger partial charge in [0.15, 0.2) is 11.4 Å². The molecule has 1 aliphatic heterocycles. The van der Waals surface area contributed by atoms with E-state index in [1.807, 2.05) is 34.6 Å². The summed E-state index contributed by atoms with van der Waals surface area (Å²) >= 11 is 0. The van der Waals surface area contributed by atoms with Crippen LogP contribution >= 0.6 is 0 Å². The molecule has 0 N–H and O–H groups in total. The van der Waals surface area contributed by atoms with Crippen LogP contribution in [0.15, 0.2) is 17.9 Å². The van der Waals surface area contributed by atoms with E-state index in [1.54, 1.807) is 0 Å². The third-order valence-electron chi connectivity index (χ3n) is 5.69. The molecule has 1 spiro atoms. The van der Waals surface area contributed by atoms with E-state index in [9.17, 15) is 9.59 Å². The fourth-order valence-electron chi connectivity index (χ4n) is 4.46. The molecule has 1 fully saturated rings. The van der Waals surface area contributed by atoms with Gasteiger partial charge >= 0.3 is 11.9 Å². The van der Waals surface area contributed by atoms with E-state index in [-0.39, 0.29) is 17.4 Å². The molecule has 1 saturated carbocycles. The lowest BCUT2D eigenvalue weighted by molar-refractivity contribution is -0.153. The van der Waals surface area contributed by atoms with Crippen LogP contribution in [0, 0.1) is 19.3 Å². The molecule has 1 aromatic rings. The number of hydrogen-bond donors (Lipinski definition) is 0. The average Bonchev–Trinajstić information content (AvgIpc) is 3.12. The molecular formula is C24H32O4. The number of benzene rings is 1. The van der Waals surface area contributed by atoms with Crippen LogP contribution in [0.25, 0.3) is 5.57 Å². The first kappa shape index (κ1) is 20.6. The highest BCUT2D eigenvalue weighted by atomic mass is 16.6. The minimum Gasteiger partial charge on any atom is -0.447 e. The molecule has 0 atom stereocenters. The number of rotatable bonds is 4. The SMILES string of the molecule is CCc1cc(C)c(C2=C(OC(=O)CC(C)(C)C)C3(CCCC3)OC2=O)c(C)c1. The highest BCUT2D eigenvalue weighted by molar-refractivity contribution is 6.20. The van der Waals surface area contributed by atoms with E-state index in [1.165, 1.54) is 5.56 Å². The van der Waals surface area contributed by atoms with E-state index in [0.717, 1.165) is 36.0 Å². The molecule has 0 radical (unpaired) electrons. The van der Waals surface area contributed by atoms with Gasteiger partial charge in [-0.25, -0.2) is 4.79 Å². The zero-order valence-electron chi connectivity index (χ0n) is 18.0. The molecule has 2 aliphatic rings. The number of carbonyl (C=O) groups is 2. The second-order valence-corrected chi connectivity index (χ2v) is 9.46. The second kappa shape index (κ2) is 7.38. The molecule has 1 aliphatic carbocycles. The van der Waals surface area contributed by atoms with E-state index >= 15 is 0 Å². The number of hydrogen-bond acceptors (Lipinski definition) is 4. The van der Waals surface area contributed by atoms with Crippen molar-refractivity contribution in [2.75, 3.05) is 0 Å². The van der Waals surface area contributed by atoms with E-state index in [0.29, 0.717) is 30.6 Å². The normalized spacial score (nSPS) is 18.7. The molecule has 28 heavy (non-hydrogen) atoms. The van der Waals surface area contributed by atoms with Crippen molar-refractivity contribution < 1.29 is 19.1 Å². The number of esters is 2. The van der Waals surface area contributed by atoms with Gasteiger partial charge in [-0.15, -0.1) is 0 Å². The van der Waals surface area contributed by atoms with Crippen LogP contribution in [-0.2, 0) is 25.5 Å². The molecule has 1 aromatic carbocycles.